The van der Waals surface area contributed by atoms with Gasteiger partial charge < -0.3 is 19.6 Å². The first-order valence-electron chi connectivity index (χ1n) is 7.82. The van der Waals surface area contributed by atoms with E-state index in [1.807, 2.05) is 36.0 Å². The van der Waals surface area contributed by atoms with Gasteiger partial charge in [-0.2, -0.15) is 11.8 Å². The van der Waals surface area contributed by atoms with Crippen LogP contribution in [0.2, 0.25) is 0 Å². The fourth-order valence-electron chi connectivity index (χ4n) is 2.80. The zero-order chi connectivity index (χ0) is 16.1. The number of para-hydroxylation sites is 1. The quantitative estimate of drug-likeness (QED) is 0.848. The van der Waals surface area contributed by atoms with Crippen molar-refractivity contribution in [3.05, 3.63) is 36.1 Å². The van der Waals surface area contributed by atoms with Crippen LogP contribution >= 0.6 is 11.8 Å². The number of hydrogen-bond acceptors (Lipinski definition) is 5. The number of rotatable bonds is 6. The molecule has 0 radical (unpaired) electrons. The molecule has 1 aliphatic rings. The van der Waals surface area contributed by atoms with E-state index in [0.717, 1.165) is 29.7 Å². The Hall–Kier alpha value is -1.50. The molecule has 1 aromatic carbocycles. The lowest BCUT2D eigenvalue weighted by atomic mass is 9.96. The highest BCUT2D eigenvalue weighted by Crippen LogP contribution is 2.30. The van der Waals surface area contributed by atoms with Gasteiger partial charge in [0.05, 0.1) is 18.8 Å². The molecular weight excluding hydrogens is 314 g/mol. The molecule has 2 N–H and O–H groups in total. The van der Waals surface area contributed by atoms with E-state index in [4.69, 9.17) is 14.3 Å². The van der Waals surface area contributed by atoms with E-state index in [1.54, 1.807) is 6.07 Å². The minimum Gasteiger partial charge on any atom is -0.451 e. The van der Waals surface area contributed by atoms with Crippen molar-refractivity contribution in [2.75, 3.05) is 31.3 Å². The van der Waals surface area contributed by atoms with Crippen LogP contribution < -0.4 is 5.32 Å². The second-order valence-electron chi connectivity index (χ2n) is 5.70. The van der Waals surface area contributed by atoms with Crippen LogP contribution in [0.3, 0.4) is 0 Å². The van der Waals surface area contributed by atoms with Gasteiger partial charge in [-0.3, -0.25) is 4.79 Å². The van der Waals surface area contributed by atoms with Gasteiger partial charge in [0.1, 0.15) is 5.58 Å². The highest BCUT2D eigenvalue weighted by atomic mass is 32.2. The molecule has 23 heavy (non-hydrogen) atoms. The maximum absolute atomic E-state index is 12.4. The second kappa shape index (κ2) is 7.38. The Kier molecular flexibility index (Phi) is 5.25. The van der Waals surface area contributed by atoms with Crippen molar-refractivity contribution in [3.63, 3.8) is 0 Å². The molecule has 0 spiro atoms. The summed E-state index contributed by atoms with van der Waals surface area (Å²) >= 11 is 1.89. The first-order valence-corrected chi connectivity index (χ1v) is 8.97. The van der Waals surface area contributed by atoms with Gasteiger partial charge in [-0.15, -0.1) is 0 Å². The van der Waals surface area contributed by atoms with E-state index in [2.05, 4.69) is 5.32 Å². The first kappa shape index (κ1) is 16.4. The zero-order valence-corrected chi connectivity index (χ0v) is 13.7. The molecule has 1 aliphatic heterocycles. The van der Waals surface area contributed by atoms with Gasteiger partial charge in [-0.25, -0.2) is 0 Å². The summed E-state index contributed by atoms with van der Waals surface area (Å²) in [7, 11) is 0. The third kappa shape index (κ3) is 3.88. The molecule has 5 nitrogen and oxygen atoms in total. The van der Waals surface area contributed by atoms with Crippen molar-refractivity contribution in [2.24, 2.45) is 0 Å². The van der Waals surface area contributed by atoms with Crippen LogP contribution in [0.25, 0.3) is 11.0 Å². The van der Waals surface area contributed by atoms with Crippen molar-refractivity contribution < 1.29 is 19.1 Å². The third-order valence-electron chi connectivity index (χ3n) is 4.12. The Morgan fingerprint density at radius 3 is 2.87 bits per heavy atom. The summed E-state index contributed by atoms with van der Waals surface area (Å²) in [5.74, 6) is 2.10. The van der Waals surface area contributed by atoms with E-state index in [0.29, 0.717) is 24.5 Å². The molecule has 3 rings (SSSR count). The van der Waals surface area contributed by atoms with Gasteiger partial charge >= 0.3 is 0 Å². The van der Waals surface area contributed by atoms with Crippen LogP contribution in [0.4, 0.5) is 0 Å². The summed E-state index contributed by atoms with van der Waals surface area (Å²) in [6, 6.07) is 9.31. The van der Waals surface area contributed by atoms with E-state index in [-0.39, 0.29) is 18.1 Å². The molecule has 124 valence electrons. The zero-order valence-electron chi connectivity index (χ0n) is 12.9. The molecule has 1 amide bonds. The van der Waals surface area contributed by atoms with Crippen molar-refractivity contribution in [1.82, 2.24) is 5.32 Å². The lowest BCUT2D eigenvalue weighted by molar-refractivity contribution is -0.0609. The summed E-state index contributed by atoms with van der Waals surface area (Å²) < 4.78 is 11.4. The van der Waals surface area contributed by atoms with Gasteiger partial charge in [0.15, 0.2) is 5.76 Å². The number of aliphatic hydroxyl groups excluding tert-OH is 1. The first-order chi connectivity index (χ1) is 11.2. The van der Waals surface area contributed by atoms with Crippen LogP contribution in [-0.4, -0.2) is 47.9 Å². The lowest BCUT2D eigenvalue weighted by Crippen LogP contribution is -2.48. The van der Waals surface area contributed by atoms with Gasteiger partial charge in [-0.05, 0) is 36.5 Å². The number of carbonyl (C=O) groups excluding carboxylic acids is 1. The maximum Gasteiger partial charge on any atom is 0.287 e. The van der Waals surface area contributed by atoms with Gasteiger partial charge in [0, 0.05) is 11.9 Å². The molecule has 0 bridgehead atoms. The molecular formula is C17H21NO4S. The van der Waals surface area contributed by atoms with Gasteiger partial charge in [0.25, 0.3) is 5.91 Å². The van der Waals surface area contributed by atoms with Crippen LogP contribution in [0.15, 0.2) is 34.7 Å². The number of amides is 1. The Balaban J connectivity index is 1.66. The molecule has 1 saturated heterocycles. The summed E-state index contributed by atoms with van der Waals surface area (Å²) in [6.45, 7) is 0.723. The number of thioether (sulfide) groups is 1. The Morgan fingerprint density at radius 2 is 2.13 bits per heavy atom. The molecule has 0 atom stereocenters. The summed E-state index contributed by atoms with van der Waals surface area (Å²) in [5.41, 5.74) is 0.327. The molecule has 2 aromatic rings. The van der Waals surface area contributed by atoms with Crippen molar-refractivity contribution in [3.8, 4) is 0 Å². The second-order valence-corrected chi connectivity index (χ2v) is 6.92. The SMILES string of the molecule is O=C(NCC1(OCCO)CCSCC1)c1cc2ccccc2o1. The topological polar surface area (TPSA) is 71.7 Å². The number of hydrogen-bond donors (Lipinski definition) is 2. The highest BCUT2D eigenvalue weighted by molar-refractivity contribution is 7.99. The number of carbonyl (C=O) groups is 1. The summed E-state index contributed by atoms with van der Waals surface area (Å²) in [6.07, 6.45) is 1.75. The lowest BCUT2D eigenvalue weighted by Gasteiger charge is -2.36. The predicted octanol–water partition coefficient (Wildman–Crippen LogP) is 2.44. The number of aliphatic hydroxyl groups is 1. The predicted molar refractivity (Wildman–Crippen MR) is 90.9 cm³/mol. The van der Waals surface area contributed by atoms with E-state index in [1.165, 1.54) is 0 Å². The fraction of sp³-hybridized carbons (Fsp3) is 0.471. The molecule has 1 fully saturated rings. The number of ether oxygens (including phenoxy) is 1. The van der Waals surface area contributed by atoms with Crippen molar-refractivity contribution >= 4 is 28.6 Å². The van der Waals surface area contributed by atoms with E-state index < -0.39 is 0 Å². The molecule has 0 unspecified atom stereocenters. The van der Waals surface area contributed by atoms with Crippen molar-refractivity contribution in [2.45, 2.75) is 18.4 Å². The number of furan rings is 1. The molecule has 2 heterocycles. The van der Waals surface area contributed by atoms with Crippen LogP contribution in [-0.2, 0) is 4.74 Å². The maximum atomic E-state index is 12.4. The van der Waals surface area contributed by atoms with E-state index >= 15 is 0 Å². The minimum absolute atomic E-state index is 0.00753. The summed E-state index contributed by atoms with van der Waals surface area (Å²) in [4.78, 5) is 12.4. The average molecular weight is 335 g/mol. The van der Waals surface area contributed by atoms with Crippen molar-refractivity contribution in [1.29, 1.82) is 0 Å². The molecule has 0 saturated carbocycles. The van der Waals surface area contributed by atoms with Crippen LogP contribution in [0.5, 0.6) is 0 Å². The molecule has 6 heteroatoms. The monoisotopic (exact) mass is 335 g/mol. The standard InChI is InChI=1S/C17H21NO4S/c19-7-8-21-17(5-9-23-10-6-17)12-18-16(20)15-11-13-3-1-2-4-14(13)22-15/h1-4,11,19H,5-10,12H2,(H,18,20). The minimum atomic E-state index is -0.379. The average Bonchev–Trinajstić information content (AvgIpc) is 3.03. The molecule has 0 aliphatic carbocycles. The highest BCUT2D eigenvalue weighted by Gasteiger charge is 2.34. The van der Waals surface area contributed by atoms with Gasteiger partial charge in [0.2, 0.25) is 0 Å². The van der Waals surface area contributed by atoms with Crippen LogP contribution in [0.1, 0.15) is 23.4 Å². The molecule has 1 aromatic heterocycles. The Bertz CT molecular complexity index is 630. The number of fused-ring (bicyclic) bond motifs is 1. The third-order valence-corrected chi connectivity index (χ3v) is 5.11. The van der Waals surface area contributed by atoms with E-state index in [9.17, 15) is 4.79 Å². The van der Waals surface area contributed by atoms with Crippen LogP contribution in [0, 0.1) is 0 Å². The summed E-state index contributed by atoms with van der Waals surface area (Å²) in [5, 5.41) is 12.9. The van der Waals surface area contributed by atoms with Gasteiger partial charge in [-0.1, -0.05) is 18.2 Å². The Labute approximate surface area is 139 Å². The largest absolute Gasteiger partial charge is 0.451 e. The Morgan fingerprint density at radius 1 is 1.35 bits per heavy atom. The normalized spacial score (nSPS) is 17.3. The number of benzene rings is 1. The number of nitrogens with one attached hydrogen (secondary N) is 1. The smallest absolute Gasteiger partial charge is 0.287 e. The fourth-order valence-corrected chi connectivity index (χ4v) is 4.04.